The summed E-state index contributed by atoms with van der Waals surface area (Å²) in [5.74, 6) is 0.522. The number of piperidine rings is 1. The summed E-state index contributed by atoms with van der Waals surface area (Å²) < 4.78 is 5.22. The Labute approximate surface area is 99.8 Å². The SMILES string of the molecule is [NH3+]c1ccc(OC(=O)N2CCC(O)CC2)cc1. The summed E-state index contributed by atoms with van der Waals surface area (Å²) in [4.78, 5) is 13.4. The van der Waals surface area contributed by atoms with Gasteiger partial charge in [0.05, 0.1) is 6.10 Å². The highest BCUT2D eigenvalue weighted by molar-refractivity contribution is 5.70. The highest BCUT2D eigenvalue weighted by Crippen LogP contribution is 2.16. The van der Waals surface area contributed by atoms with Crippen molar-refractivity contribution in [3.05, 3.63) is 24.3 Å². The van der Waals surface area contributed by atoms with E-state index in [1.807, 2.05) is 0 Å². The van der Waals surface area contributed by atoms with E-state index in [0.717, 1.165) is 5.69 Å². The van der Waals surface area contributed by atoms with E-state index in [0.29, 0.717) is 31.7 Å². The van der Waals surface area contributed by atoms with Gasteiger partial charge in [-0.25, -0.2) is 4.79 Å². The monoisotopic (exact) mass is 237 g/mol. The summed E-state index contributed by atoms with van der Waals surface area (Å²) in [5, 5.41) is 9.34. The van der Waals surface area contributed by atoms with Crippen molar-refractivity contribution >= 4 is 11.8 Å². The minimum atomic E-state index is -0.353. The van der Waals surface area contributed by atoms with Crippen molar-refractivity contribution < 1.29 is 20.4 Å². The Morgan fingerprint density at radius 1 is 1.29 bits per heavy atom. The van der Waals surface area contributed by atoms with Gasteiger partial charge < -0.3 is 20.5 Å². The van der Waals surface area contributed by atoms with E-state index in [9.17, 15) is 9.90 Å². The first-order chi connectivity index (χ1) is 8.15. The van der Waals surface area contributed by atoms with Crippen LogP contribution in [0.1, 0.15) is 12.8 Å². The number of benzene rings is 1. The van der Waals surface area contributed by atoms with Gasteiger partial charge in [0.2, 0.25) is 0 Å². The molecule has 1 aromatic carbocycles. The Bertz CT molecular complexity index is 383. The van der Waals surface area contributed by atoms with Crippen LogP contribution in [-0.4, -0.2) is 35.3 Å². The van der Waals surface area contributed by atoms with Gasteiger partial charge >= 0.3 is 6.09 Å². The molecule has 1 aliphatic heterocycles. The molecule has 4 N–H and O–H groups in total. The number of hydrogen-bond acceptors (Lipinski definition) is 3. The molecule has 1 aromatic rings. The maximum Gasteiger partial charge on any atom is 0.415 e. The second-order valence-electron chi connectivity index (χ2n) is 4.23. The Morgan fingerprint density at radius 3 is 2.47 bits per heavy atom. The lowest BCUT2D eigenvalue weighted by Crippen LogP contribution is -2.41. The van der Waals surface area contributed by atoms with E-state index in [2.05, 4.69) is 5.73 Å². The Balaban J connectivity index is 1.90. The number of hydrogen-bond donors (Lipinski definition) is 2. The first-order valence-corrected chi connectivity index (χ1v) is 5.72. The fourth-order valence-corrected chi connectivity index (χ4v) is 1.77. The van der Waals surface area contributed by atoms with Crippen LogP contribution in [0, 0.1) is 0 Å². The largest absolute Gasteiger partial charge is 0.415 e. The minimum Gasteiger partial charge on any atom is -0.410 e. The molecule has 5 heteroatoms. The van der Waals surface area contributed by atoms with Crippen LogP contribution in [-0.2, 0) is 0 Å². The molecular formula is C12H17N2O3+. The maximum atomic E-state index is 11.8. The topological polar surface area (TPSA) is 77.4 Å². The third kappa shape index (κ3) is 3.18. The number of rotatable bonds is 1. The number of nitrogens with zero attached hydrogens (tertiary/aromatic N) is 1. The third-order valence-corrected chi connectivity index (χ3v) is 2.85. The molecule has 1 amide bonds. The predicted molar refractivity (Wildman–Crippen MR) is 61.8 cm³/mol. The molecule has 92 valence electrons. The normalized spacial score (nSPS) is 16.9. The van der Waals surface area contributed by atoms with E-state index < -0.39 is 0 Å². The van der Waals surface area contributed by atoms with Crippen LogP contribution < -0.4 is 10.5 Å². The zero-order valence-electron chi connectivity index (χ0n) is 9.63. The Kier molecular flexibility index (Phi) is 3.61. The van der Waals surface area contributed by atoms with Crippen LogP contribution >= 0.6 is 0 Å². The van der Waals surface area contributed by atoms with Gasteiger partial charge in [0.15, 0.2) is 0 Å². The average molecular weight is 237 g/mol. The summed E-state index contributed by atoms with van der Waals surface area (Å²) in [5.41, 5.74) is 4.64. The molecule has 0 unspecified atom stereocenters. The van der Waals surface area contributed by atoms with Gasteiger partial charge in [-0.05, 0) is 25.0 Å². The molecule has 0 spiro atoms. The summed E-state index contributed by atoms with van der Waals surface area (Å²) in [6.07, 6.45) is 0.595. The number of quaternary nitrogens is 1. The molecule has 0 saturated carbocycles. The molecule has 0 atom stereocenters. The number of likely N-dealkylation sites (tertiary alicyclic amines) is 1. The molecule has 17 heavy (non-hydrogen) atoms. The molecule has 0 bridgehead atoms. The molecular weight excluding hydrogens is 220 g/mol. The molecule has 1 fully saturated rings. The lowest BCUT2D eigenvalue weighted by atomic mass is 10.1. The first-order valence-electron chi connectivity index (χ1n) is 5.72. The molecule has 1 aliphatic rings. The van der Waals surface area contributed by atoms with Crippen molar-refractivity contribution in [2.24, 2.45) is 0 Å². The van der Waals surface area contributed by atoms with Crippen molar-refractivity contribution in [2.75, 3.05) is 13.1 Å². The third-order valence-electron chi connectivity index (χ3n) is 2.85. The van der Waals surface area contributed by atoms with Gasteiger partial charge in [-0.3, -0.25) is 0 Å². The average Bonchev–Trinajstić information content (AvgIpc) is 2.33. The number of amides is 1. The van der Waals surface area contributed by atoms with Crippen LogP contribution in [0.4, 0.5) is 10.5 Å². The Morgan fingerprint density at radius 2 is 1.88 bits per heavy atom. The lowest BCUT2D eigenvalue weighted by Gasteiger charge is -2.28. The number of aliphatic hydroxyl groups excluding tert-OH is 1. The molecule has 0 aliphatic carbocycles. The number of aliphatic hydroxyl groups is 1. The molecule has 2 rings (SSSR count). The number of carbonyl (C=O) groups excluding carboxylic acids is 1. The quantitative estimate of drug-likeness (QED) is 0.747. The number of carbonyl (C=O) groups is 1. The molecule has 5 nitrogen and oxygen atoms in total. The number of ether oxygens (including phenoxy) is 1. The summed E-state index contributed by atoms with van der Waals surface area (Å²) in [6, 6.07) is 7.03. The van der Waals surface area contributed by atoms with Crippen molar-refractivity contribution in [1.29, 1.82) is 0 Å². The summed E-state index contributed by atoms with van der Waals surface area (Å²) >= 11 is 0. The van der Waals surface area contributed by atoms with Crippen molar-refractivity contribution in [2.45, 2.75) is 18.9 Å². The molecule has 0 aromatic heterocycles. The molecule has 0 radical (unpaired) electrons. The lowest BCUT2D eigenvalue weighted by molar-refractivity contribution is -0.254. The smallest absolute Gasteiger partial charge is 0.410 e. The van der Waals surface area contributed by atoms with E-state index in [-0.39, 0.29) is 12.2 Å². The van der Waals surface area contributed by atoms with Crippen molar-refractivity contribution in [3.8, 4) is 5.75 Å². The highest BCUT2D eigenvalue weighted by atomic mass is 16.6. The fraction of sp³-hybridized carbons (Fsp3) is 0.417. The van der Waals surface area contributed by atoms with Crippen molar-refractivity contribution in [1.82, 2.24) is 4.90 Å². The van der Waals surface area contributed by atoms with Gasteiger partial charge in [0.25, 0.3) is 0 Å². The van der Waals surface area contributed by atoms with Crippen LogP contribution in [0.25, 0.3) is 0 Å². The Hall–Kier alpha value is -1.59. The zero-order valence-corrected chi connectivity index (χ0v) is 9.63. The predicted octanol–water partition coefficient (Wildman–Crippen LogP) is 0.515. The maximum absolute atomic E-state index is 11.8. The molecule has 1 heterocycles. The van der Waals surface area contributed by atoms with Gasteiger partial charge in [-0.15, -0.1) is 0 Å². The van der Waals surface area contributed by atoms with Crippen LogP contribution in [0.15, 0.2) is 24.3 Å². The second kappa shape index (κ2) is 5.16. The summed E-state index contributed by atoms with van der Waals surface area (Å²) in [6.45, 7) is 1.10. The fourth-order valence-electron chi connectivity index (χ4n) is 1.77. The van der Waals surface area contributed by atoms with Crippen molar-refractivity contribution in [3.63, 3.8) is 0 Å². The van der Waals surface area contributed by atoms with E-state index in [4.69, 9.17) is 4.74 Å². The summed E-state index contributed by atoms with van der Waals surface area (Å²) in [7, 11) is 0. The zero-order chi connectivity index (χ0) is 12.3. The van der Waals surface area contributed by atoms with E-state index >= 15 is 0 Å². The standard InChI is InChI=1S/C12H16N2O3/c13-9-1-3-11(4-2-9)17-12(16)14-7-5-10(15)6-8-14/h1-4,10,15H,5-8,13H2/p+1. The first kappa shape index (κ1) is 11.9. The van der Waals surface area contributed by atoms with Crippen LogP contribution in [0.5, 0.6) is 5.75 Å². The van der Waals surface area contributed by atoms with Crippen LogP contribution in [0.3, 0.4) is 0 Å². The van der Waals surface area contributed by atoms with Crippen LogP contribution in [0.2, 0.25) is 0 Å². The van der Waals surface area contributed by atoms with Gasteiger partial charge in [0.1, 0.15) is 11.4 Å². The van der Waals surface area contributed by atoms with E-state index in [1.165, 1.54) is 0 Å². The van der Waals surface area contributed by atoms with Gasteiger partial charge in [-0.1, -0.05) is 0 Å². The second-order valence-corrected chi connectivity index (χ2v) is 4.23. The van der Waals surface area contributed by atoms with Gasteiger partial charge in [-0.2, -0.15) is 0 Å². The molecule has 1 saturated heterocycles. The highest BCUT2D eigenvalue weighted by Gasteiger charge is 2.22. The van der Waals surface area contributed by atoms with Gasteiger partial charge in [0, 0.05) is 25.2 Å². The van der Waals surface area contributed by atoms with E-state index in [1.54, 1.807) is 29.2 Å². The minimum absolute atomic E-state index is 0.288.